The van der Waals surface area contributed by atoms with Crippen LogP contribution in [0, 0.1) is 10.1 Å². The lowest BCUT2D eigenvalue weighted by molar-refractivity contribution is -0.384. The topological polar surface area (TPSA) is 63.5 Å². The number of nitrogens with zero attached hydrogens (tertiary/aromatic N) is 2. The largest absolute Gasteiger partial charge is 0.343 e. The van der Waals surface area contributed by atoms with Gasteiger partial charge in [0.25, 0.3) is 5.69 Å². The van der Waals surface area contributed by atoms with E-state index in [1.165, 1.54) is 18.2 Å². The van der Waals surface area contributed by atoms with E-state index in [0.717, 1.165) is 0 Å². The van der Waals surface area contributed by atoms with Gasteiger partial charge in [-0.2, -0.15) is 0 Å². The van der Waals surface area contributed by atoms with E-state index >= 15 is 0 Å². The molecule has 1 rings (SSSR count). The van der Waals surface area contributed by atoms with Crippen LogP contribution in [0.2, 0.25) is 0 Å². The van der Waals surface area contributed by atoms with Crippen molar-refractivity contribution in [3.05, 3.63) is 46.0 Å². The second-order valence-corrected chi connectivity index (χ2v) is 3.54. The summed E-state index contributed by atoms with van der Waals surface area (Å²) in [5.74, 6) is -0.126. The molecule has 17 heavy (non-hydrogen) atoms. The number of non-ortho nitro benzene ring substituents is 1. The fourth-order valence-electron chi connectivity index (χ4n) is 1.19. The number of carbonyl (C=O) groups excluding carboxylic acids is 1. The average Bonchev–Trinajstić information content (AvgIpc) is 2.35. The van der Waals surface area contributed by atoms with Crippen molar-refractivity contribution in [1.29, 1.82) is 0 Å². The highest BCUT2D eigenvalue weighted by molar-refractivity contribution is 5.91. The zero-order valence-electron chi connectivity index (χ0n) is 9.79. The van der Waals surface area contributed by atoms with Crippen LogP contribution in [0.3, 0.4) is 0 Å². The summed E-state index contributed by atoms with van der Waals surface area (Å²) in [6.45, 7) is 2.50. The van der Waals surface area contributed by atoms with Gasteiger partial charge in [-0.1, -0.05) is 12.1 Å². The molecule has 0 spiro atoms. The zero-order chi connectivity index (χ0) is 12.8. The van der Waals surface area contributed by atoms with Crippen molar-refractivity contribution in [3.63, 3.8) is 0 Å². The molecule has 5 nitrogen and oxygen atoms in total. The Morgan fingerprint density at radius 1 is 1.53 bits per heavy atom. The standard InChI is InChI=1S/C12H14N2O3/c1-3-13(2)12(15)8-7-10-5-4-6-11(9-10)14(16)17/h4-9H,3H2,1-2H3/b8-7+. The molecule has 0 atom stereocenters. The third-order valence-electron chi connectivity index (χ3n) is 2.35. The molecule has 5 heteroatoms. The highest BCUT2D eigenvalue weighted by atomic mass is 16.6. The van der Waals surface area contributed by atoms with Crippen LogP contribution in [0.5, 0.6) is 0 Å². The Hall–Kier alpha value is -2.17. The van der Waals surface area contributed by atoms with Crippen molar-refractivity contribution in [1.82, 2.24) is 4.90 Å². The third-order valence-corrected chi connectivity index (χ3v) is 2.35. The van der Waals surface area contributed by atoms with Gasteiger partial charge in [-0.25, -0.2) is 0 Å². The minimum absolute atomic E-state index is 0.0171. The third kappa shape index (κ3) is 3.71. The Balaban J connectivity index is 2.81. The van der Waals surface area contributed by atoms with Gasteiger partial charge >= 0.3 is 0 Å². The van der Waals surface area contributed by atoms with E-state index in [1.54, 1.807) is 30.2 Å². The fraction of sp³-hybridized carbons (Fsp3) is 0.250. The van der Waals surface area contributed by atoms with Crippen molar-refractivity contribution in [2.24, 2.45) is 0 Å². The summed E-state index contributed by atoms with van der Waals surface area (Å²) in [4.78, 5) is 23.1. The molecule has 0 fully saturated rings. The molecular weight excluding hydrogens is 220 g/mol. The van der Waals surface area contributed by atoms with Gasteiger partial charge in [-0.15, -0.1) is 0 Å². The Morgan fingerprint density at radius 3 is 2.82 bits per heavy atom. The Kier molecular flexibility index (Phi) is 4.39. The molecule has 0 heterocycles. The normalized spacial score (nSPS) is 10.5. The number of hydrogen-bond acceptors (Lipinski definition) is 3. The summed E-state index contributed by atoms with van der Waals surface area (Å²) >= 11 is 0. The number of benzene rings is 1. The van der Waals surface area contributed by atoms with Crippen molar-refractivity contribution in [2.45, 2.75) is 6.92 Å². The molecule has 0 bridgehead atoms. The zero-order valence-corrected chi connectivity index (χ0v) is 9.79. The van der Waals surface area contributed by atoms with Crippen LogP contribution in [0.15, 0.2) is 30.3 Å². The summed E-state index contributed by atoms with van der Waals surface area (Å²) in [5.41, 5.74) is 0.653. The number of likely N-dealkylation sites (N-methyl/N-ethyl adjacent to an activating group) is 1. The van der Waals surface area contributed by atoms with Crippen molar-refractivity contribution in [3.8, 4) is 0 Å². The lowest BCUT2D eigenvalue weighted by Gasteiger charge is -2.10. The van der Waals surface area contributed by atoms with E-state index in [0.29, 0.717) is 12.1 Å². The van der Waals surface area contributed by atoms with Crippen molar-refractivity contribution in [2.75, 3.05) is 13.6 Å². The van der Waals surface area contributed by atoms with E-state index in [1.807, 2.05) is 6.92 Å². The summed E-state index contributed by atoms with van der Waals surface area (Å²) in [7, 11) is 1.69. The number of hydrogen-bond donors (Lipinski definition) is 0. The van der Waals surface area contributed by atoms with Crippen LogP contribution in [0.25, 0.3) is 6.08 Å². The predicted octanol–water partition coefficient (Wildman–Crippen LogP) is 2.09. The van der Waals surface area contributed by atoms with Gasteiger partial charge in [-0.3, -0.25) is 14.9 Å². The van der Waals surface area contributed by atoms with E-state index in [2.05, 4.69) is 0 Å². The summed E-state index contributed by atoms with van der Waals surface area (Å²) in [6, 6.07) is 6.14. The smallest absolute Gasteiger partial charge is 0.270 e. The van der Waals surface area contributed by atoms with E-state index in [9.17, 15) is 14.9 Å². The number of carbonyl (C=O) groups is 1. The lowest BCUT2D eigenvalue weighted by Crippen LogP contribution is -2.23. The van der Waals surface area contributed by atoms with E-state index in [-0.39, 0.29) is 11.6 Å². The molecule has 0 aliphatic carbocycles. The summed E-state index contributed by atoms with van der Waals surface area (Å²) in [6.07, 6.45) is 2.98. The Bertz CT molecular complexity index is 455. The molecule has 0 aromatic heterocycles. The van der Waals surface area contributed by atoms with Crippen LogP contribution in [-0.2, 0) is 4.79 Å². The molecule has 90 valence electrons. The van der Waals surface area contributed by atoms with Gasteiger partial charge in [0.2, 0.25) is 5.91 Å². The molecule has 0 saturated heterocycles. The highest BCUT2D eigenvalue weighted by Crippen LogP contribution is 2.14. The lowest BCUT2D eigenvalue weighted by atomic mass is 10.2. The monoisotopic (exact) mass is 234 g/mol. The second kappa shape index (κ2) is 5.79. The molecule has 0 radical (unpaired) electrons. The number of nitro groups is 1. The van der Waals surface area contributed by atoms with Crippen molar-refractivity contribution < 1.29 is 9.72 Å². The number of nitro benzene ring substituents is 1. The van der Waals surface area contributed by atoms with Gasteiger partial charge in [0, 0.05) is 31.8 Å². The van der Waals surface area contributed by atoms with Gasteiger partial charge in [0.05, 0.1) is 4.92 Å². The highest BCUT2D eigenvalue weighted by Gasteiger charge is 2.05. The maximum atomic E-state index is 11.5. The SMILES string of the molecule is CCN(C)C(=O)/C=C/c1cccc([N+](=O)[O-])c1. The first-order chi connectivity index (χ1) is 8.04. The molecule has 0 N–H and O–H groups in total. The number of amides is 1. The number of rotatable bonds is 4. The second-order valence-electron chi connectivity index (χ2n) is 3.54. The minimum atomic E-state index is -0.461. The van der Waals surface area contributed by atoms with Gasteiger partial charge < -0.3 is 4.90 Å². The quantitative estimate of drug-likeness (QED) is 0.455. The van der Waals surface area contributed by atoms with Crippen LogP contribution in [-0.4, -0.2) is 29.3 Å². The van der Waals surface area contributed by atoms with E-state index < -0.39 is 4.92 Å². The Morgan fingerprint density at radius 2 is 2.24 bits per heavy atom. The molecular formula is C12H14N2O3. The van der Waals surface area contributed by atoms with Crippen LogP contribution < -0.4 is 0 Å². The first kappa shape index (κ1) is 12.9. The molecule has 1 amide bonds. The summed E-state index contributed by atoms with van der Waals surface area (Å²) < 4.78 is 0. The fourth-order valence-corrected chi connectivity index (χ4v) is 1.19. The minimum Gasteiger partial charge on any atom is -0.343 e. The maximum absolute atomic E-state index is 11.5. The average molecular weight is 234 g/mol. The Labute approximate surface area is 99.5 Å². The first-order valence-electron chi connectivity index (χ1n) is 5.22. The molecule has 1 aromatic carbocycles. The molecule has 0 aliphatic rings. The van der Waals surface area contributed by atoms with Crippen LogP contribution in [0.1, 0.15) is 12.5 Å². The van der Waals surface area contributed by atoms with Crippen molar-refractivity contribution >= 4 is 17.7 Å². The van der Waals surface area contributed by atoms with Crippen LogP contribution >= 0.6 is 0 Å². The predicted molar refractivity (Wildman–Crippen MR) is 65.4 cm³/mol. The van der Waals surface area contributed by atoms with Crippen LogP contribution in [0.4, 0.5) is 5.69 Å². The van der Waals surface area contributed by atoms with Gasteiger partial charge in [-0.05, 0) is 18.6 Å². The molecule has 0 unspecified atom stereocenters. The molecule has 0 aliphatic heterocycles. The van der Waals surface area contributed by atoms with Gasteiger partial charge in [0.1, 0.15) is 0 Å². The maximum Gasteiger partial charge on any atom is 0.270 e. The van der Waals surface area contributed by atoms with Gasteiger partial charge in [0.15, 0.2) is 0 Å². The van der Waals surface area contributed by atoms with E-state index in [4.69, 9.17) is 0 Å². The first-order valence-corrected chi connectivity index (χ1v) is 5.22. The molecule has 0 saturated carbocycles. The summed E-state index contributed by atoms with van der Waals surface area (Å²) in [5, 5.41) is 10.6. The molecule has 1 aromatic rings.